The molecule has 114 valence electrons. The second-order valence-electron chi connectivity index (χ2n) is 4.54. The summed E-state index contributed by atoms with van der Waals surface area (Å²) in [6.45, 7) is 1.70. The summed E-state index contributed by atoms with van der Waals surface area (Å²) in [7, 11) is -1.68. The van der Waals surface area contributed by atoms with Crippen molar-refractivity contribution < 1.29 is 8.42 Å². The van der Waals surface area contributed by atoms with Crippen molar-refractivity contribution in [2.45, 2.75) is 24.4 Å². The summed E-state index contributed by atoms with van der Waals surface area (Å²) in [6.07, 6.45) is 5.42. The third kappa shape index (κ3) is 4.62. The van der Waals surface area contributed by atoms with Crippen LogP contribution < -0.4 is 10.0 Å². The highest BCUT2D eigenvalue weighted by atomic mass is 32.2. The summed E-state index contributed by atoms with van der Waals surface area (Å²) in [5, 5.41) is 7.10. The average molecular weight is 309 g/mol. The highest BCUT2D eigenvalue weighted by Crippen LogP contribution is 2.08. The van der Waals surface area contributed by atoms with E-state index >= 15 is 0 Å². The van der Waals surface area contributed by atoms with Crippen LogP contribution in [0.4, 0.5) is 0 Å². The van der Waals surface area contributed by atoms with Crippen LogP contribution in [0.25, 0.3) is 0 Å². The van der Waals surface area contributed by atoms with Crippen molar-refractivity contribution in [1.29, 1.82) is 0 Å². The molecule has 2 heterocycles. The maximum absolute atomic E-state index is 12.1. The predicted molar refractivity (Wildman–Crippen MR) is 79.0 cm³/mol. The molecule has 0 saturated heterocycles. The normalized spacial score (nSPS) is 11.7. The Kier molecular flexibility index (Phi) is 5.43. The van der Waals surface area contributed by atoms with Crippen molar-refractivity contribution >= 4 is 10.0 Å². The molecular weight excluding hydrogens is 290 g/mol. The molecule has 0 bridgehead atoms. The van der Waals surface area contributed by atoms with Gasteiger partial charge in [-0.25, -0.2) is 13.1 Å². The Balaban J connectivity index is 1.96. The van der Waals surface area contributed by atoms with Crippen LogP contribution in [0, 0.1) is 0 Å². The van der Waals surface area contributed by atoms with Gasteiger partial charge in [0.25, 0.3) is 0 Å². The fourth-order valence-corrected chi connectivity index (χ4v) is 2.73. The van der Waals surface area contributed by atoms with Gasteiger partial charge in [0.2, 0.25) is 10.0 Å². The Labute approximate surface area is 124 Å². The maximum Gasteiger partial charge on any atom is 0.244 e. The van der Waals surface area contributed by atoms with Crippen LogP contribution >= 0.6 is 0 Å². The number of rotatable bonds is 8. The molecule has 0 spiro atoms. The second kappa shape index (κ2) is 7.30. The maximum atomic E-state index is 12.1. The fraction of sp³-hybridized carbons (Fsp3) is 0.385. The van der Waals surface area contributed by atoms with E-state index in [2.05, 4.69) is 20.1 Å². The summed E-state index contributed by atoms with van der Waals surface area (Å²) in [4.78, 5) is 4.25. The third-order valence-corrected chi connectivity index (χ3v) is 4.26. The lowest BCUT2D eigenvalue weighted by Crippen LogP contribution is -2.23. The number of hydrogen-bond acceptors (Lipinski definition) is 5. The van der Waals surface area contributed by atoms with Gasteiger partial charge >= 0.3 is 0 Å². The summed E-state index contributed by atoms with van der Waals surface area (Å²) in [5.41, 5.74) is 0.669. The van der Waals surface area contributed by atoms with Crippen LogP contribution in [0.3, 0.4) is 0 Å². The topological polar surface area (TPSA) is 88.9 Å². The molecule has 0 atom stereocenters. The zero-order valence-electron chi connectivity index (χ0n) is 11.9. The molecule has 2 aromatic heterocycles. The number of aromatic nitrogens is 3. The van der Waals surface area contributed by atoms with Gasteiger partial charge in [-0.05, 0) is 32.1 Å². The lowest BCUT2D eigenvalue weighted by molar-refractivity contribution is 0.560. The largest absolute Gasteiger partial charge is 0.320 e. The number of aryl methyl sites for hydroxylation is 1. The van der Waals surface area contributed by atoms with E-state index in [1.807, 2.05) is 13.1 Å². The van der Waals surface area contributed by atoms with E-state index in [0.29, 0.717) is 12.2 Å². The first kappa shape index (κ1) is 15.6. The van der Waals surface area contributed by atoms with E-state index in [1.54, 1.807) is 23.0 Å². The molecule has 0 aromatic carbocycles. The van der Waals surface area contributed by atoms with E-state index in [9.17, 15) is 8.42 Å². The SMILES string of the molecule is CNCCCn1cc(S(=O)(=O)NCc2ccccn2)cn1. The van der Waals surface area contributed by atoms with Crippen LogP contribution in [-0.4, -0.2) is 36.8 Å². The smallest absolute Gasteiger partial charge is 0.244 e. The molecule has 2 aromatic rings. The van der Waals surface area contributed by atoms with Crippen molar-refractivity contribution in [3.8, 4) is 0 Å². The minimum Gasteiger partial charge on any atom is -0.320 e. The van der Waals surface area contributed by atoms with Gasteiger partial charge in [0.15, 0.2) is 0 Å². The molecule has 0 fully saturated rings. The zero-order chi connectivity index (χ0) is 15.1. The summed E-state index contributed by atoms with van der Waals surface area (Å²) >= 11 is 0. The standard InChI is InChI=1S/C13H19N5O2S/c1-14-6-4-8-18-11-13(10-16-18)21(19,20)17-9-12-5-2-3-7-15-12/h2-3,5,7,10-11,14,17H,4,6,8-9H2,1H3. The molecule has 8 heteroatoms. The highest BCUT2D eigenvalue weighted by molar-refractivity contribution is 7.89. The molecule has 0 radical (unpaired) electrons. The minimum atomic E-state index is -3.56. The van der Waals surface area contributed by atoms with Crippen molar-refractivity contribution in [3.05, 3.63) is 42.5 Å². The summed E-state index contributed by atoms with van der Waals surface area (Å²) < 4.78 is 28.4. The van der Waals surface area contributed by atoms with Gasteiger partial charge in [0.1, 0.15) is 4.90 Å². The third-order valence-electron chi connectivity index (χ3n) is 2.90. The zero-order valence-corrected chi connectivity index (χ0v) is 12.7. The van der Waals surface area contributed by atoms with Gasteiger partial charge in [-0.1, -0.05) is 6.07 Å². The lowest BCUT2D eigenvalue weighted by atomic mass is 10.4. The first-order valence-corrected chi connectivity index (χ1v) is 8.17. The Morgan fingerprint density at radius 1 is 1.33 bits per heavy atom. The Hall–Kier alpha value is -1.77. The first-order valence-electron chi connectivity index (χ1n) is 6.68. The predicted octanol–water partition coefficient (Wildman–Crippen LogP) is 0.366. The monoisotopic (exact) mass is 309 g/mol. The molecule has 0 unspecified atom stereocenters. The Morgan fingerprint density at radius 2 is 2.19 bits per heavy atom. The van der Waals surface area contributed by atoms with Crippen molar-refractivity contribution in [2.75, 3.05) is 13.6 Å². The molecule has 0 aliphatic heterocycles. The molecule has 0 saturated carbocycles. The van der Waals surface area contributed by atoms with Gasteiger partial charge in [-0.3, -0.25) is 9.67 Å². The summed E-state index contributed by atoms with van der Waals surface area (Å²) in [5.74, 6) is 0. The van der Waals surface area contributed by atoms with Crippen molar-refractivity contribution in [1.82, 2.24) is 24.8 Å². The number of hydrogen-bond donors (Lipinski definition) is 2. The van der Waals surface area contributed by atoms with Gasteiger partial charge < -0.3 is 5.32 Å². The highest BCUT2D eigenvalue weighted by Gasteiger charge is 2.16. The molecule has 21 heavy (non-hydrogen) atoms. The van der Waals surface area contributed by atoms with Crippen molar-refractivity contribution in [3.63, 3.8) is 0 Å². The Bertz CT molecular complexity index is 654. The average Bonchev–Trinajstić information content (AvgIpc) is 2.96. The first-order chi connectivity index (χ1) is 10.1. The molecule has 0 aliphatic carbocycles. The minimum absolute atomic E-state index is 0.161. The molecule has 2 rings (SSSR count). The van der Waals surface area contributed by atoms with E-state index in [0.717, 1.165) is 13.0 Å². The number of pyridine rings is 1. The fourth-order valence-electron chi connectivity index (χ4n) is 1.78. The number of sulfonamides is 1. The van der Waals surface area contributed by atoms with Crippen LogP contribution in [0.2, 0.25) is 0 Å². The summed E-state index contributed by atoms with van der Waals surface area (Å²) in [6, 6.07) is 5.37. The van der Waals surface area contributed by atoms with Crippen LogP contribution in [0.5, 0.6) is 0 Å². The van der Waals surface area contributed by atoms with Gasteiger partial charge in [-0.15, -0.1) is 0 Å². The molecular formula is C13H19N5O2S. The Morgan fingerprint density at radius 3 is 2.90 bits per heavy atom. The number of nitrogens with one attached hydrogen (secondary N) is 2. The molecule has 0 amide bonds. The number of nitrogens with zero attached hydrogens (tertiary/aromatic N) is 3. The van der Waals surface area contributed by atoms with Gasteiger partial charge in [-0.2, -0.15) is 5.10 Å². The molecule has 7 nitrogen and oxygen atoms in total. The van der Waals surface area contributed by atoms with E-state index in [-0.39, 0.29) is 11.4 Å². The van der Waals surface area contributed by atoms with Gasteiger partial charge in [0.05, 0.1) is 18.4 Å². The lowest BCUT2D eigenvalue weighted by Gasteiger charge is -2.04. The van der Waals surface area contributed by atoms with E-state index in [4.69, 9.17) is 0 Å². The van der Waals surface area contributed by atoms with Crippen LogP contribution in [0.1, 0.15) is 12.1 Å². The molecule has 2 N–H and O–H groups in total. The van der Waals surface area contributed by atoms with E-state index < -0.39 is 10.0 Å². The quantitative estimate of drug-likeness (QED) is 0.688. The second-order valence-corrected chi connectivity index (χ2v) is 6.31. The molecule has 0 aliphatic rings. The van der Waals surface area contributed by atoms with Crippen LogP contribution in [-0.2, 0) is 23.1 Å². The van der Waals surface area contributed by atoms with Crippen LogP contribution in [0.15, 0.2) is 41.7 Å². The van der Waals surface area contributed by atoms with E-state index in [1.165, 1.54) is 12.4 Å². The van der Waals surface area contributed by atoms with Gasteiger partial charge in [0, 0.05) is 18.9 Å². The van der Waals surface area contributed by atoms with Crippen molar-refractivity contribution in [2.24, 2.45) is 0 Å².